The van der Waals surface area contributed by atoms with Gasteiger partial charge in [0.1, 0.15) is 31.0 Å². The molecule has 118 valence electrons. The van der Waals surface area contributed by atoms with E-state index in [9.17, 15) is 14.9 Å². The van der Waals surface area contributed by atoms with Gasteiger partial charge in [0.2, 0.25) is 6.04 Å². The molecular formula is C14H15NO7. The summed E-state index contributed by atoms with van der Waals surface area (Å²) in [5.41, 5.74) is 0.556. The Balaban J connectivity index is 1.52. The fourth-order valence-corrected chi connectivity index (χ4v) is 2.61. The topological polar surface area (TPSA) is 101 Å². The van der Waals surface area contributed by atoms with Gasteiger partial charge in [0.15, 0.2) is 5.75 Å². The minimum atomic E-state index is -0.815. The smallest absolute Gasteiger partial charge is 0.485 e. The third-order valence-electron chi connectivity index (χ3n) is 3.80. The van der Waals surface area contributed by atoms with E-state index >= 15 is 0 Å². The Morgan fingerprint density at radius 1 is 1.27 bits per heavy atom. The SMILES string of the molecule is O=C(OC1=CCOc2cocc21)OC1CCC([N+](=O)[O-])CC1. The predicted molar refractivity (Wildman–Crippen MR) is 72.8 cm³/mol. The van der Waals surface area contributed by atoms with Crippen LogP contribution in [0.5, 0.6) is 5.75 Å². The molecule has 1 aromatic heterocycles. The monoisotopic (exact) mass is 309 g/mol. The lowest BCUT2D eigenvalue weighted by atomic mass is 9.93. The summed E-state index contributed by atoms with van der Waals surface area (Å²) < 4.78 is 20.7. The number of fused-ring (bicyclic) bond motifs is 1. The van der Waals surface area contributed by atoms with Crippen LogP contribution in [0, 0.1) is 10.1 Å². The average molecular weight is 309 g/mol. The van der Waals surface area contributed by atoms with E-state index in [1.54, 1.807) is 6.08 Å². The molecule has 0 unspecified atom stereocenters. The second kappa shape index (κ2) is 6.08. The summed E-state index contributed by atoms with van der Waals surface area (Å²) in [5.74, 6) is 0.843. The van der Waals surface area contributed by atoms with Crippen LogP contribution in [0.15, 0.2) is 23.0 Å². The van der Waals surface area contributed by atoms with Gasteiger partial charge in [0.05, 0.1) is 5.56 Å². The highest BCUT2D eigenvalue weighted by Crippen LogP contribution is 2.32. The number of nitro groups is 1. The Kier molecular flexibility index (Phi) is 3.99. The summed E-state index contributed by atoms with van der Waals surface area (Å²) in [7, 11) is 0. The van der Waals surface area contributed by atoms with Crippen LogP contribution < -0.4 is 4.74 Å². The minimum Gasteiger partial charge on any atom is -0.485 e. The summed E-state index contributed by atoms with van der Waals surface area (Å²) >= 11 is 0. The molecule has 2 heterocycles. The number of ether oxygens (including phenoxy) is 3. The van der Waals surface area contributed by atoms with Gasteiger partial charge in [-0.1, -0.05) is 0 Å². The summed E-state index contributed by atoms with van der Waals surface area (Å²) in [6.45, 7) is 0.281. The molecule has 22 heavy (non-hydrogen) atoms. The van der Waals surface area contributed by atoms with Gasteiger partial charge in [0.25, 0.3) is 0 Å². The third kappa shape index (κ3) is 3.05. The van der Waals surface area contributed by atoms with Gasteiger partial charge in [-0.2, -0.15) is 0 Å². The summed E-state index contributed by atoms with van der Waals surface area (Å²) in [6.07, 6.45) is 5.08. The summed E-state index contributed by atoms with van der Waals surface area (Å²) in [6, 6.07) is -0.539. The van der Waals surface area contributed by atoms with Crippen LogP contribution in [0.3, 0.4) is 0 Å². The van der Waals surface area contributed by atoms with Crippen molar-refractivity contribution in [2.24, 2.45) is 0 Å². The second-order valence-corrected chi connectivity index (χ2v) is 5.21. The minimum absolute atomic E-state index is 0.276. The fourth-order valence-electron chi connectivity index (χ4n) is 2.61. The number of nitrogens with zero attached hydrogens (tertiary/aromatic N) is 1. The largest absolute Gasteiger partial charge is 0.514 e. The van der Waals surface area contributed by atoms with E-state index in [2.05, 4.69) is 0 Å². The Labute approximate surface area is 125 Å². The van der Waals surface area contributed by atoms with Gasteiger partial charge in [-0.3, -0.25) is 10.1 Å². The molecule has 0 radical (unpaired) electrons. The van der Waals surface area contributed by atoms with Crippen molar-refractivity contribution < 1.29 is 28.3 Å². The van der Waals surface area contributed by atoms with Crippen LogP contribution in [0.1, 0.15) is 31.2 Å². The van der Waals surface area contributed by atoms with Crippen molar-refractivity contribution in [1.29, 1.82) is 0 Å². The molecule has 1 aromatic rings. The van der Waals surface area contributed by atoms with Gasteiger partial charge in [-0.05, 0) is 18.9 Å². The molecule has 1 aliphatic heterocycles. The Bertz CT molecular complexity index is 598. The van der Waals surface area contributed by atoms with Crippen molar-refractivity contribution in [3.05, 3.63) is 34.3 Å². The van der Waals surface area contributed by atoms with Gasteiger partial charge >= 0.3 is 6.16 Å². The van der Waals surface area contributed by atoms with Crippen LogP contribution in [0.25, 0.3) is 5.76 Å². The second-order valence-electron chi connectivity index (χ2n) is 5.21. The lowest BCUT2D eigenvalue weighted by molar-refractivity contribution is -0.527. The zero-order valence-electron chi connectivity index (χ0n) is 11.7. The Hall–Kier alpha value is -2.51. The molecule has 1 saturated carbocycles. The summed E-state index contributed by atoms with van der Waals surface area (Å²) in [4.78, 5) is 22.2. The third-order valence-corrected chi connectivity index (χ3v) is 3.80. The van der Waals surface area contributed by atoms with Crippen LogP contribution in [0.4, 0.5) is 4.79 Å². The lowest BCUT2D eigenvalue weighted by Crippen LogP contribution is -2.31. The molecule has 0 atom stereocenters. The standard InChI is InChI=1S/C14H15NO7/c16-14(21-10-3-1-9(2-4-10)15(17)18)22-12-5-6-20-13-8-19-7-11(12)13/h5,7-10H,1-4,6H2. The van der Waals surface area contributed by atoms with Crippen molar-refractivity contribution in [2.75, 3.05) is 6.61 Å². The molecular weight excluding hydrogens is 294 g/mol. The van der Waals surface area contributed by atoms with Gasteiger partial charge in [-0.25, -0.2) is 4.79 Å². The van der Waals surface area contributed by atoms with Gasteiger partial charge < -0.3 is 18.6 Å². The molecule has 2 aliphatic rings. The van der Waals surface area contributed by atoms with E-state index in [0.717, 1.165) is 0 Å². The predicted octanol–water partition coefficient (Wildman–Crippen LogP) is 2.75. The van der Waals surface area contributed by atoms with Crippen LogP contribution in [-0.4, -0.2) is 29.8 Å². The number of hydrogen-bond acceptors (Lipinski definition) is 7. The highest BCUT2D eigenvalue weighted by Gasteiger charge is 2.31. The molecule has 1 fully saturated rings. The normalized spacial score (nSPS) is 23.7. The molecule has 8 heteroatoms. The summed E-state index contributed by atoms with van der Waals surface area (Å²) in [5, 5.41) is 10.7. The first-order valence-electron chi connectivity index (χ1n) is 7.05. The van der Waals surface area contributed by atoms with Crippen LogP contribution in [-0.2, 0) is 9.47 Å². The van der Waals surface area contributed by atoms with E-state index in [1.807, 2.05) is 0 Å². The van der Waals surface area contributed by atoms with E-state index in [1.165, 1.54) is 12.5 Å². The maximum Gasteiger partial charge on any atom is 0.514 e. The highest BCUT2D eigenvalue weighted by atomic mass is 16.7. The van der Waals surface area contributed by atoms with E-state index in [0.29, 0.717) is 42.8 Å². The molecule has 8 nitrogen and oxygen atoms in total. The van der Waals surface area contributed by atoms with Crippen molar-refractivity contribution in [3.63, 3.8) is 0 Å². The van der Waals surface area contributed by atoms with E-state index < -0.39 is 12.2 Å². The zero-order valence-corrected chi connectivity index (χ0v) is 11.7. The number of furan rings is 1. The van der Waals surface area contributed by atoms with Crippen molar-refractivity contribution in [3.8, 4) is 5.75 Å². The first-order valence-corrected chi connectivity index (χ1v) is 7.05. The highest BCUT2D eigenvalue weighted by molar-refractivity contribution is 5.75. The first kappa shape index (κ1) is 14.4. The van der Waals surface area contributed by atoms with Crippen molar-refractivity contribution >= 4 is 11.9 Å². The maximum atomic E-state index is 11.8. The first-order chi connectivity index (χ1) is 10.6. The number of carbonyl (C=O) groups is 1. The van der Waals surface area contributed by atoms with Crippen LogP contribution >= 0.6 is 0 Å². The Morgan fingerprint density at radius 2 is 2.05 bits per heavy atom. The molecule has 3 rings (SSSR count). The molecule has 0 spiro atoms. The molecule has 0 amide bonds. The van der Waals surface area contributed by atoms with E-state index in [-0.39, 0.29) is 17.6 Å². The number of rotatable bonds is 3. The number of carbonyl (C=O) groups excluding carboxylic acids is 1. The van der Waals surface area contributed by atoms with Crippen molar-refractivity contribution in [2.45, 2.75) is 37.8 Å². The van der Waals surface area contributed by atoms with Gasteiger partial charge in [-0.15, -0.1) is 0 Å². The fraction of sp³-hybridized carbons (Fsp3) is 0.500. The zero-order chi connectivity index (χ0) is 15.5. The molecule has 0 N–H and O–H groups in total. The molecule has 0 bridgehead atoms. The van der Waals surface area contributed by atoms with Gasteiger partial charge in [0, 0.05) is 17.8 Å². The lowest BCUT2D eigenvalue weighted by Gasteiger charge is -2.23. The quantitative estimate of drug-likeness (QED) is 0.480. The Morgan fingerprint density at radius 3 is 2.77 bits per heavy atom. The van der Waals surface area contributed by atoms with Crippen molar-refractivity contribution in [1.82, 2.24) is 0 Å². The average Bonchev–Trinajstić information content (AvgIpc) is 2.97. The van der Waals surface area contributed by atoms with E-state index in [4.69, 9.17) is 18.6 Å². The molecule has 0 saturated heterocycles. The van der Waals surface area contributed by atoms with Crippen LogP contribution in [0.2, 0.25) is 0 Å². The maximum absolute atomic E-state index is 11.8. The number of hydrogen-bond donors (Lipinski definition) is 0. The molecule has 1 aliphatic carbocycles. The molecule has 0 aromatic carbocycles.